The summed E-state index contributed by atoms with van der Waals surface area (Å²) in [5.41, 5.74) is 1.03. The number of fused-ring (bicyclic) bond motifs is 1. The third kappa shape index (κ3) is 3.34. The molecule has 0 spiro atoms. The third-order valence-electron chi connectivity index (χ3n) is 3.39. The number of ether oxygens (including phenoxy) is 3. The van der Waals surface area contributed by atoms with Crippen LogP contribution in [0.15, 0.2) is 42.5 Å². The van der Waals surface area contributed by atoms with Gasteiger partial charge in [-0.25, -0.2) is 4.39 Å². The maximum atomic E-state index is 13.2. The van der Waals surface area contributed by atoms with Crippen molar-refractivity contribution in [3.63, 3.8) is 0 Å². The van der Waals surface area contributed by atoms with Crippen LogP contribution in [0, 0.1) is 5.82 Å². The molecule has 0 amide bonds. The molecule has 23 heavy (non-hydrogen) atoms. The predicted molar refractivity (Wildman–Crippen MR) is 83.7 cm³/mol. The maximum Gasteiger partial charge on any atom is 0.203 e. The van der Waals surface area contributed by atoms with Crippen LogP contribution in [-0.2, 0) is 0 Å². The van der Waals surface area contributed by atoms with Gasteiger partial charge in [-0.15, -0.1) is 0 Å². The first kappa shape index (κ1) is 15.1. The number of hydrogen-bond acceptors (Lipinski definition) is 4. The lowest BCUT2D eigenvalue weighted by atomic mass is 10.1. The molecule has 2 aromatic carbocycles. The second-order valence-corrected chi connectivity index (χ2v) is 4.96. The van der Waals surface area contributed by atoms with Gasteiger partial charge >= 0.3 is 0 Å². The molecule has 2 aromatic rings. The fourth-order valence-corrected chi connectivity index (χ4v) is 2.30. The van der Waals surface area contributed by atoms with Crippen LogP contribution in [0.3, 0.4) is 0 Å². The fraction of sp³-hybridized carbons (Fsp3) is 0.167. The quantitative estimate of drug-likeness (QED) is 0.640. The average Bonchev–Trinajstić information content (AvgIpc) is 2.58. The number of carbonyl (C=O) groups is 1. The van der Waals surface area contributed by atoms with Crippen molar-refractivity contribution in [1.82, 2.24) is 0 Å². The van der Waals surface area contributed by atoms with Crippen LogP contribution < -0.4 is 14.2 Å². The van der Waals surface area contributed by atoms with Crippen molar-refractivity contribution in [2.45, 2.75) is 0 Å². The van der Waals surface area contributed by atoms with Gasteiger partial charge in [0.1, 0.15) is 19.0 Å². The summed E-state index contributed by atoms with van der Waals surface area (Å²) in [4.78, 5) is 12.1. The molecule has 0 saturated heterocycles. The van der Waals surface area contributed by atoms with E-state index in [-0.39, 0.29) is 5.78 Å². The van der Waals surface area contributed by atoms with E-state index in [2.05, 4.69) is 0 Å². The van der Waals surface area contributed by atoms with Gasteiger partial charge in [0.05, 0.1) is 7.11 Å². The van der Waals surface area contributed by atoms with Crippen LogP contribution in [0.1, 0.15) is 15.9 Å². The van der Waals surface area contributed by atoms with E-state index in [4.69, 9.17) is 14.2 Å². The zero-order chi connectivity index (χ0) is 16.2. The highest BCUT2D eigenvalue weighted by Crippen LogP contribution is 2.40. The highest BCUT2D eigenvalue weighted by atomic mass is 19.1. The summed E-state index contributed by atoms with van der Waals surface area (Å²) in [6, 6.07) is 9.10. The second kappa shape index (κ2) is 6.52. The first-order valence-electron chi connectivity index (χ1n) is 7.13. The van der Waals surface area contributed by atoms with Crippen LogP contribution >= 0.6 is 0 Å². The molecule has 0 N–H and O–H groups in total. The van der Waals surface area contributed by atoms with E-state index < -0.39 is 5.82 Å². The van der Waals surface area contributed by atoms with Gasteiger partial charge in [-0.3, -0.25) is 4.79 Å². The molecular weight excluding hydrogens is 299 g/mol. The monoisotopic (exact) mass is 314 g/mol. The molecule has 4 nitrogen and oxygen atoms in total. The first-order chi connectivity index (χ1) is 11.2. The zero-order valence-corrected chi connectivity index (χ0v) is 12.5. The average molecular weight is 314 g/mol. The van der Waals surface area contributed by atoms with Gasteiger partial charge in [-0.05, 0) is 35.9 Å². The maximum absolute atomic E-state index is 13.2. The summed E-state index contributed by atoms with van der Waals surface area (Å²) in [6.45, 7) is 0.933. The van der Waals surface area contributed by atoms with Crippen LogP contribution in [-0.4, -0.2) is 26.1 Å². The Labute approximate surface area is 133 Å². The third-order valence-corrected chi connectivity index (χ3v) is 3.39. The second-order valence-electron chi connectivity index (χ2n) is 4.96. The molecule has 0 fully saturated rings. The van der Waals surface area contributed by atoms with Gasteiger partial charge in [0.15, 0.2) is 17.3 Å². The number of rotatable bonds is 4. The van der Waals surface area contributed by atoms with E-state index in [0.717, 1.165) is 5.56 Å². The summed E-state index contributed by atoms with van der Waals surface area (Å²) in [5.74, 6) is 0.962. The topological polar surface area (TPSA) is 44.8 Å². The van der Waals surface area contributed by atoms with Crippen LogP contribution in [0.4, 0.5) is 4.39 Å². The van der Waals surface area contributed by atoms with Crippen LogP contribution in [0.25, 0.3) is 6.08 Å². The van der Waals surface area contributed by atoms with E-state index in [0.29, 0.717) is 36.0 Å². The standard InChI is InChI=1S/C18H15FO4/c1-21-16-9-12(10-17-18(16)23-8-7-22-17)5-6-15(20)13-3-2-4-14(19)11-13/h2-6,9-11H,7-8H2,1H3/b6-5+. The number of methoxy groups -OCH3 is 1. The van der Waals surface area contributed by atoms with Gasteiger partial charge < -0.3 is 14.2 Å². The molecule has 0 aromatic heterocycles. The summed E-state index contributed by atoms with van der Waals surface area (Å²) in [5, 5.41) is 0. The fourth-order valence-electron chi connectivity index (χ4n) is 2.30. The number of carbonyl (C=O) groups excluding carboxylic acids is 1. The number of halogens is 1. The van der Waals surface area contributed by atoms with Crippen molar-refractivity contribution in [3.05, 3.63) is 59.4 Å². The molecule has 0 bridgehead atoms. The number of allylic oxidation sites excluding steroid dienone is 1. The highest BCUT2D eigenvalue weighted by Gasteiger charge is 2.17. The van der Waals surface area contributed by atoms with Gasteiger partial charge in [0, 0.05) is 5.56 Å². The molecule has 3 rings (SSSR count). The molecule has 0 aliphatic carbocycles. The zero-order valence-electron chi connectivity index (χ0n) is 12.5. The Morgan fingerprint density at radius 1 is 1.22 bits per heavy atom. The lowest BCUT2D eigenvalue weighted by Crippen LogP contribution is -2.16. The lowest BCUT2D eigenvalue weighted by molar-refractivity contribution is 0.104. The van der Waals surface area contributed by atoms with E-state index >= 15 is 0 Å². The smallest absolute Gasteiger partial charge is 0.203 e. The molecule has 5 heteroatoms. The van der Waals surface area contributed by atoms with Crippen LogP contribution in [0.2, 0.25) is 0 Å². The summed E-state index contributed by atoms with van der Waals surface area (Å²) >= 11 is 0. The minimum atomic E-state index is -0.440. The largest absolute Gasteiger partial charge is 0.493 e. The molecule has 118 valence electrons. The van der Waals surface area contributed by atoms with Gasteiger partial charge in [0.2, 0.25) is 5.75 Å². The first-order valence-corrected chi connectivity index (χ1v) is 7.13. The number of hydrogen-bond donors (Lipinski definition) is 0. The highest BCUT2D eigenvalue weighted by molar-refractivity contribution is 6.06. The summed E-state index contributed by atoms with van der Waals surface area (Å²) < 4.78 is 29.5. The van der Waals surface area contributed by atoms with Crippen molar-refractivity contribution in [2.75, 3.05) is 20.3 Å². The lowest BCUT2D eigenvalue weighted by Gasteiger charge is -2.20. The van der Waals surface area contributed by atoms with Gasteiger partial charge in [0.25, 0.3) is 0 Å². The Balaban J connectivity index is 1.86. The van der Waals surface area contributed by atoms with Crippen LogP contribution in [0.5, 0.6) is 17.2 Å². The minimum Gasteiger partial charge on any atom is -0.493 e. The van der Waals surface area contributed by atoms with Gasteiger partial charge in [-0.2, -0.15) is 0 Å². The Bertz CT molecular complexity index is 750. The molecule has 1 heterocycles. The molecule has 0 radical (unpaired) electrons. The van der Waals surface area contributed by atoms with Gasteiger partial charge in [-0.1, -0.05) is 18.2 Å². The molecule has 1 aliphatic rings. The number of benzene rings is 2. The van der Waals surface area contributed by atoms with E-state index in [1.165, 1.54) is 24.3 Å². The predicted octanol–water partition coefficient (Wildman–Crippen LogP) is 3.50. The summed E-state index contributed by atoms with van der Waals surface area (Å²) in [7, 11) is 1.54. The Morgan fingerprint density at radius 3 is 2.83 bits per heavy atom. The van der Waals surface area contributed by atoms with Crippen molar-refractivity contribution in [2.24, 2.45) is 0 Å². The number of ketones is 1. The van der Waals surface area contributed by atoms with Crippen molar-refractivity contribution in [3.8, 4) is 17.2 Å². The molecule has 0 saturated carbocycles. The van der Waals surface area contributed by atoms with Crippen molar-refractivity contribution < 1.29 is 23.4 Å². The van der Waals surface area contributed by atoms with Crippen molar-refractivity contribution in [1.29, 1.82) is 0 Å². The molecular formula is C18H15FO4. The molecule has 0 atom stereocenters. The summed E-state index contributed by atoms with van der Waals surface area (Å²) in [6.07, 6.45) is 3.02. The Hall–Kier alpha value is -2.82. The van der Waals surface area contributed by atoms with E-state index in [1.807, 2.05) is 0 Å². The molecule has 1 aliphatic heterocycles. The Kier molecular flexibility index (Phi) is 4.28. The molecule has 0 unspecified atom stereocenters. The Morgan fingerprint density at radius 2 is 2.04 bits per heavy atom. The van der Waals surface area contributed by atoms with E-state index in [1.54, 1.807) is 31.4 Å². The SMILES string of the molecule is COc1cc(/C=C/C(=O)c2cccc(F)c2)cc2c1OCCO2. The normalized spacial score (nSPS) is 13.1. The van der Waals surface area contributed by atoms with E-state index in [9.17, 15) is 9.18 Å². The van der Waals surface area contributed by atoms with Crippen molar-refractivity contribution >= 4 is 11.9 Å². The minimum absolute atomic E-state index is 0.279.